The summed E-state index contributed by atoms with van der Waals surface area (Å²) in [5.74, 6) is 5.34. The van der Waals surface area contributed by atoms with Gasteiger partial charge in [-0.1, -0.05) is 11.8 Å². The monoisotopic (exact) mass is 259 g/mol. The van der Waals surface area contributed by atoms with Crippen molar-refractivity contribution in [3.05, 3.63) is 40.5 Å². The van der Waals surface area contributed by atoms with E-state index in [0.717, 1.165) is 0 Å². The summed E-state index contributed by atoms with van der Waals surface area (Å²) in [6.07, 6.45) is 4.49. The first kappa shape index (κ1) is 12.2. The number of aliphatic hydroxyl groups is 1. The molecule has 18 heavy (non-hydrogen) atoms. The van der Waals surface area contributed by atoms with Gasteiger partial charge in [0.2, 0.25) is 0 Å². The van der Waals surface area contributed by atoms with Gasteiger partial charge in [-0.15, -0.1) is 11.3 Å². The van der Waals surface area contributed by atoms with Crippen LogP contribution in [0.1, 0.15) is 15.2 Å². The summed E-state index contributed by atoms with van der Waals surface area (Å²) in [5, 5.41) is 13.0. The molecule has 0 aromatic carbocycles. The summed E-state index contributed by atoms with van der Waals surface area (Å²) in [6, 6.07) is 1.74. The molecule has 2 heterocycles. The highest BCUT2D eigenvalue weighted by Gasteiger charge is 2.12. The van der Waals surface area contributed by atoms with Crippen LogP contribution in [0.3, 0.4) is 0 Å². The van der Waals surface area contributed by atoms with Crippen LogP contribution in [-0.4, -0.2) is 27.6 Å². The Morgan fingerprint density at radius 3 is 3.11 bits per heavy atom. The Bertz CT molecular complexity index is 599. The van der Waals surface area contributed by atoms with E-state index in [1.807, 2.05) is 0 Å². The normalized spacial score (nSPS) is 9.39. The minimum absolute atomic E-state index is 0.235. The molecule has 6 heteroatoms. The minimum atomic E-state index is -0.285. The van der Waals surface area contributed by atoms with Gasteiger partial charge in [0, 0.05) is 18.0 Å². The molecule has 0 saturated heterocycles. The zero-order chi connectivity index (χ0) is 12.8. The first-order chi connectivity index (χ1) is 8.81. The van der Waals surface area contributed by atoms with Gasteiger partial charge < -0.3 is 10.4 Å². The van der Waals surface area contributed by atoms with E-state index >= 15 is 0 Å². The Labute approximate surface area is 108 Å². The van der Waals surface area contributed by atoms with Crippen molar-refractivity contribution in [2.75, 3.05) is 11.9 Å². The number of hydrogen-bond acceptors (Lipinski definition) is 5. The molecule has 0 atom stereocenters. The molecular weight excluding hydrogens is 250 g/mol. The number of thiophene rings is 1. The summed E-state index contributed by atoms with van der Waals surface area (Å²) >= 11 is 1.28. The quantitative estimate of drug-likeness (QED) is 0.793. The lowest BCUT2D eigenvalue weighted by atomic mass is 10.2. The molecule has 5 nitrogen and oxygen atoms in total. The predicted octanol–water partition coefficient (Wildman–Crippen LogP) is 1.13. The Morgan fingerprint density at radius 1 is 1.50 bits per heavy atom. The van der Waals surface area contributed by atoms with Gasteiger partial charge in [0.25, 0.3) is 5.91 Å². The summed E-state index contributed by atoms with van der Waals surface area (Å²) in [4.78, 5) is 20.3. The van der Waals surface area contributed by atoms with Crippen LogP contribution < -0.4 is 5.32 Å². The number of nitrogens with one attached hydrogen (secondary N) is 1. The van der Waals surface area contributed by atoms with Crippen molar-refractivity contribution in [1.29, 1.82) is 0 Å². The highest BCUT2D eigenvalue weighted by atomic mass is 32.1. The number of anilines is 1. The maximum atomic E-state index is 12.0. The summed E-state index contributed by atoms with van der Waals surface area (Å²) in [6.45, 7) is -0.235. The van der Waals surface area contributed by atoms with E-state index in [2.05, 4.69) is 27.1 Å². The first-order valence-corrected chi connectivity index (χ1v) is 5.94. The Morgan fingerprint density at radius 2 is 2.39 bits per heavy atom. The van der Waals surface area contributed by atoms with Crippen LogP contribution in [0.5, 0.6) is 0 Å². The number of carbonyl (C=O) groups is 1. The number of carbonyl (C=O) groups excluding carboxylic acids is 1. The summed E-state index contributed by atoms with van der Waals surface area (Å²) in [7, 11) is 0. The maximum absolute atomic E-state index is 12.0. The SMILES string of the molecule is O=C(Nc1cnccn1)c1sccc1C#CCO. The van der Waals surface area contributed by atoms with Gasteiger partial charge in [0.1, 0.15) is 11.5 Å². The number of hydrogen-bond donors (Lipinski definition) is 2. The molecule has 0 unspecified atom stereocenters. The fourth-order valence-corrected chi connectivity index (χ4v) is 2.00. The molecular formula is C12H9N3O2S. The summed E-state index contributed by atoms with van der Waals surface area (Å²) < 4.78 is 0. The number of nitrogens with zero attached hydrogens (tertiary/aromatic N) is 2. The Kier molecular flexibility index (Phi) is 4.02. The number of aromatic nitrogens is 2. The van der Waals surface area contributed by atoms with Crippen LogP contribution in [0.25, 0.3) is 0 Å². The van der Waals surface area contributed by atoms with Gasteiger partial charge in [-0.2, -0.15) is 0 Å². The topological polar surface area (TPSA) is 75.1 Å². The highest BCUT2D eigenvalue weighted by molar-refractivity contribution is 7.12. The fraction of sp³-hybridized carbons (Fsp3) is 0.0833. The predicted molar refractivity (Wildman–Crippen MR) is 68.3 cm³/mol. The number of amides is 1. The second-order valence-corrected chi connectivity index (χ2v) is 4.08. The van der Waals surface area contributed by atoms with E-state index in [4.69, 9.17) is 5.11 Å². The van der Waals surface area contributed by atoms with Crippen LogP contribution in [0.4, 0.5) is 5.82 Å². The van der Waals surface area contributed by atoms with Crippen LogP contribution in [0.15, 0.2) is 30.0 Å². The lowest BCUT2D eigenvalue weighted by molar-refractivity contribution is 0.103. The molecule has 1 amide bonds. The zero-order valence-electron chi connectivity index (χ0n) is 9.25. The maximum Gasteiger partial charge on any atom is 0.268 e. The molecule has 2 aromatic heterocycles. The standard InChI is InChI=1S/C12H9N3O2S/c16-6-1-2-9-3-7-18-11(9)12(17)15-10-8-13-4-5-14-10/h3-5,7-8,16H,6H2,(H,14,15,17). The summed E-state index contributed by atoms with van der Waals surface area (Å²) in [5.41, 5.74) is 0.593. The van der Waals surface area contributed by atoms with E-state index in [-0.39, 0.29) is 12.5 Å². The van der Waals surface area contributed by atoms with E-state index in [0.29, 0.717) is 16.3 Å². The van der Waals surface area contributed by atoms with Gasteiger partial charge in [-0.25, -0.2) is 4.98 Å². The third-order valence-corrected chi connectivity index (χ3v) is 2.89. The van der Waals surface area contributed by atoms with Crippen LogP contribution in [0.2, 0.25) is 0 Å². The molecule has 0 spiro atoms. The number of rotatable bonds is 2. The van der Waals surface area contributed by atoms with Gasteiger partial charge >= 0.3 is 0 Å². The Hall–Kier alpha value is -2.23. The lowest BCUT2D eigenvalue weighted by Crippen LogP contribution is -2.12. The van der Waals surface area contributed by atoms with E-state index in [1.165, 1.54) is 29.9 Å². The average molecular weight is 259 g/mol. The minimum Gasteiger partial charge on any atom is -0.384 e. The lowest BCUT2D eigenvalue weighted by Gasteiger charge is -2.01. The Balaban J connectivity index is 2.17. The third kappa shape index (κ3) is 2.91. The van der Waals surface area contributed by atoms with E-state index < -0.39 is 0 Å². The molecule has 0 aliphatic rings. The van der Waals surface area contributed by atoms with Crippen molar-refractivity contribution in [3.8, 4) is 11.8 Å². The molecule has 90 valence electrons. The van der Waals surface area contributed by atoms with Crippen LogP contribution in [-0.2, 0) is 0 Å². The van der Waals surface area contributed by atoms with Crippen molar-refractivity contribution < 1.29 is 9.90 Å². The van der Waals surface area contributed by atoms with Crippen molar-refractivity contribution >= 4 is 23.1 Å². The van der Waals surface area contributed by atoms with Crippen LogP contribution in [0, 0.1) is 11.8 Å². The van der Waals surface area contributed by atoms with Crippen molar-refractivity contribution in [3.63, 3.8) is 0 Å². The van der Waals surface area contributed by atoms with Gasteiger partial charge in [-0.05, 0) is 11.4 Å². The van der Waals surface area contributed by atoms with E-state index in [1.54, 1.807) is 11.4 Å². The molecule has 2 N–H and O–H groups in total. The molecule has 0 bridgehead atoms. The molecule has 2 aromatic rings. The molecule has 0 aliphatic heterocycles. The highest BCUT2D eigenvalue weighted by Crippen LogP contribution is 2.17. The second-order valence-electron chi connectivity index (χ2n) is 3.17. The molecule has 0 fully saturated rings. The third-order valence-electron chi connectivity index (χ3n) is 1.98. The van der Waals surface area contributed by atoms with Crippen LogP contribution >= 0.6 is 11.3 Å². The van der Waals surface area contributed by atoms with Gasteiger partial charge in [0.05, 0.1) is 6.20 Å². The van der Waals surface area contributed by atoms with Gasteiger partial charge in [0.15, 0.2) is 5.82 Å². The largest absolute Gasteiger partial charge is 0.384 e. The number of aliphatic hydroxyl groups excluding tert-OH is 1. The van der Waals surface area contributed by atoms with Gasteiger partial charge in [-0.3, -0.25) is 9.78 Å². The van der Waals surface area contributed by atoms with Crippen molar-refractivity contribution in [2.45, 2.75) is 0 Å². The molecule has 0 radical (unpaired) electrons. The fourth-order valence-electron chi connectivity index (χ4n) is 1.26. The zero-order valence-corrected chi connectivity index (χ0v) is 10.1. The molecule has 0 saturated carbocycles. The van der Waals surface area contributed by atoms with Crippen molar-refractivity contribution in [2.24, 2.45) is 0 Å². The average Bonchev–Trinajstić information content (AvgIpc) is 2.86. The molecule has 0 aliphatic carbocycles. The van der Waals surface area contributed by atoms with E-state index in [9.17, 15) is 4.79 Å². The molecule has 2 rings (SSSR count). The second kappa shape index (κ2) is 5.91. The smallest absolute Gasteiger partial charge is 0.268 e. The first-order valence-electron chi connectivity index (χ1n) is 5.06. The van der Waals surface area contributed by atoms with Crippen molar-refractivity contribution in [1.82, 2.24) is 9.97 Å².